The van der Waals surface area contributed by atoms with Crippen LogP contribution in [0.4, 0.5) is 0 Å². The molecule has 112 valence electrons. The van der Waals surface area contributed by atoms with E-state index in [-0.39, 0.29) is 0 Å². The van der Waals surface area contributed by atoms with Crippen LogP contribution in [0.3, 0.4) is 0 Å². The van der Waals surface area contributed by atoms with Crippen molar-refractivity contribution in [3.8, 4) is 11.5 Å². The Labute approximate surface area is 121 Å². The molecule has 4 heteroatoms. The van der Waals surface area contributed by atoms with E-state index in [2.05, 4.69) is 11.4 Å². The van der Waals surface area contributed by atoms with Gasteiger partial charge in [0, 0.05) is 20.2 Å². The molecule has 4 nitrogen and oxygen atoms in total. The molecule has 1 saturated carbocycles. The lowest BCUT2D eigenvalue weighted by Crippen LogP contribution is -2.20. The second kappa shape index (κ2) is 8.12. The van der Waals surface area contributed by atoms with Crippen molar-refractivity contribution in [3.05, 3.63) is 23.8 Å². The molecule has 0 heterocycles. The van der Waals surface area contributed by atoms with Gasteiger partial charge in [0.1, 0.15) is 0 Å². The van der Waals surface area contributed by atoms with Gasteiger partial charge in [-0.3, -0.25) is 0 Å². The van der Waals surface area contributed by atoms with Crippen LogP contribution in [0.2, 0.25) is 0 Å². The van der Waals surface area contributed by atoms with Crippen molar-refractivity contribution in [2.45, 2.75) is 25.8 Å². The molecule has 0 spiro atoms. The van der Waals surface area contributed by atoms with Gasteiger partial charge in [-0.2, -0.15) is 0 Å². The van der Waals surface area contributed by atoms with E-state index in [0.29, 0.717) is 0 Å². The Morgan fingerprint density at radius 3 is 2.70 bits per heavy atom. The van der Waals surface area contributed by atoms with Gasteiger partial charge >= 0.3 is 0 Å². The number of rotatable bonds is 9. The molecule has 0 amide bonds. The van der Waals surface area contributed by atoms with Crippen molar-refractivity contribution in [2.24, 2.45) is 5.92 Å². The van der Waals surface area contributed by atoms with E-state index in [9.17, 15) is 0 Å². The first kappa shape index (κ1) is 15.1. The molecule has 2 rings (SSSR count). The van der Waals surface area contributed by atoms with Gasteiger partial charge in [-0.1, -0.05) is 12.5 Å². The molecule has 0 aliphatic heterocycles. The summed E-state index contributed by atoms with van der Waals surface area (Å²) in [6.07, 6.45) is 3.94. The molecule has 1 fully saturated rings. The summed E-state index contributed by atoms with van der Waals surface area (Å²) >= 11 is 0. The Morgan fingerprint density at radius 1 is 1.20 bits per heavy atom. The quantitative estimate of drug-likeness (QED) is 0.705. The predicted molar refractivity (Wildman–Crippen MR) is 79.4 cm³/mol. The lowest BCUT2D eigenvalue weighted by molar-refractivity contribution is 0.176. The van der Waals surface area contributed by atoms with Crippen LogP contribution in [0.25, 0.3) is 0 Å². The van der Waals surface area contributed by atoms with Crippen molar-refractivity contribution >= 4 is 0 Å². The monoisotopic (exact) mass is 279 g/mol. The van der Waals surface area contributed by atoms with Crippen molar-refractivity contribution in [1.82, 2.24) is 5.32 Å². The van der Waals surface area contributed by atoms with Gasteiger partial charge in [0.2, 0.25) is 0 Å². The molecule has 0 unspecified atom stereocenters. The molecule has 1 aromatic rings. The van der Waals surface area contributed by atoms with E-state index in [1.54, 1.807) is 14.2 Å². The molecule has 20 heavy (non-hydrogen) atoms. The molecule has 1 aromatic carbocycles. The van der Waals surface area contributed by atoms with Crippen molar-refractivity contribution in [2.75, 3.05) is 34.0 Å². The number of methoxy groups -OCH3 is 2. The smallest absolute Gasteiger partial charge is 0.161 e. The molecule has 0 atom stereocenters. The normalized spacial score (nSPS) is 14.9. The van der Waals surface area contributed by atoms with Gasteiger partial charge in [-0.25, -0.2) is 0 Å². The molecule has 0 radical (unpaired) electrons. The van der Waals surface area contributed by atoms with Crippen LogP contribution in [-0.2, 0) is 11.3 Å². The zero-order valence-corrected chi connectivity index (χ0v) is 12.5. The third-order valence-electron chi connectivity index (χ3n) is 3.74. The summed E-state index contributed by atoms with van der Waals surface area (Å²) in [6, 6.07) is 6.12. The standard InChI is InChI=1S/C16H25NO3/c1-18-9-8-17-11-14-6-7-15(16(10-14)19-2)20-12-13-4-3-5-13/h6-7,10,13,17H,3-5,8-9,11-12H2,1-2H3. The summed E-state index contributed by atoms with van der Waals surface area (Å²) in [5, 5.41) is 3.32. The molecule has 0 aromatic heterocycles. The molecular weight excluding hydrogens is 254 g/mol. The number of hydrogen-bond acceptors (Lipinski definition) is 4. The molecular formula is C16H25NO3. The topological polar surface area (TPSA) is 39.7 Å². The Kier molecular flexibility index (Phi) is 6.15. The zero-order valence-electron chi connectivity index (χ0n) is 12.5. The van der Waals surface area contributed by atoms with E-state index in [1.165, 1.54) is 24.8 Å². The Balaban J connectivity index is 1.85. The van der Waals surface area contributed by atoms with Crippen LogP contribution >= 0.6 is 0 Å². The minimum atomic E-state index is 0.722. The largest absolute Gasteiger partial charge is 0.493 e. The number of nitrogens with one attached hydrogen (secondary N) is 1. The second-order valence-electron chi connectivity index (χ2n) is 5.26. The zero-order chi connectivity index (χ0) is 14.2. The van der Waals surface area contributed by atoms with Crippen LogP contribution in [0.15, 0.2) is 18.2 Å². The second-order valence-corrected chi connectivity index (χ2v) is 5.26. The first-order chi connectivity index (χ1) is 9.83. The molecule has 1 N–H and O–H groups in total. The summed E-state index contributed by atoms with van der Waals surface area (Å²) < 4.78 is 16.3. The minimum Gasteiger partial charge on any atom is -0.493 e. The van der Waals surface area contributed by atoms with Gasteiger partial charge in [0.05, 0.1) is 20.3 Å². The van der Waals surface area contributed by atoms with Gasteiger partial charge < -0.3 is 19.5 Å². The Hall–Kier alpha value is -1.26. The van der Waals surface area contributed by atoms with Gasteiger partial charge in [-0.15, -0.1) is 0 Å². The van der Waals surface area contributed by atoms with Crippen molar-refractivity contribution in [3.63, 3.8) is 0 Å². The van der Waals surface area contributed by atoms with Gasteiger partial charge in [-0.05, 0) is 36.5 Å². The average molecular weight is 279 g/mol. The van der Waals surface area contributed by atoms with E-state index in [1.807, 2.05) is 12.1 Å². The van der Waals surface area contributed by atoms with Crippen molar-refractivity contribution < 1.29 is 14.2 Å². The fourth-order valence-corrected chi connectivity index (χ4v) is 2.22. The fraction of sp³-hybridized carbons (Fsp3) is 0.625. The maximum Gasteiger partial charge on any atom is 0.161 e. The number of benzene rings is 1. The van der Waals surface area contributed by atoms with Gasteiger partial charge in [0.15, 0.2) is 11.5 Å². The highest BCUT2D eigenvalue weighted by molar-refractivity contribution is 5.43. The predicted octanol–water partition coefficient (Wildman–Crippen LogP) is 2.61. The molecule has 0 bridgehead atoms. The third kappa shape index (κ3) is 4.39. The number of hydrogen-bond donors (Lipinski definition) is 1. The number of ether oxygens (including phenoxy) is 3. The summed E-state index contributed by atoms with van der Waals surface area (Å²) in [6.45, 7) is 3.18. The SMILES string of the molecule is COCCNCc1ccc(OCC2CCC2)c(OC)c1. The maximum absolute atomic E-state index is 5.86. The highest BCUT2D eigenvalue weighted by atomic mass is 16.5. The van der Waals surface area contributed by atoms with E-state index in [0.717, 1.165) is 43.7 Å². The first-order valence-electron chi connectivity index (χ1n) is 7.33. The van der Waals surface area contributed by atoms with Gasteiger partial charge in [0.25, 0.3) is 0 Å². The van der Waals surface area contributed by atoms with Crippen LogP contribution in [0.5, 0.6) is 11.5 Å². The first-order valence-corrected chi connectivity index (χ1v) is 7.33. The minimum absolute atomic E-state index is 0.722. The summed E-state index contributed by atoms with van der Waals surface area (Å²) in [7, 11) is 3.40. The van der Waals surface area contributed by atoms with E-state index >= 15 is 0 Å². The van der Waals surface area contributed by atoms with Crippen molar-refractivity contribution in [1.29, 1.82) is 0 Å². The highest BCUT2D eigenvalue weighted by Gasteiger charge is 2.18. The summed E-state index contributed by atoms with van der Waals surface area (Å²) in [5.74, 6) is 2.39. The van der Waals surface area contributed by atoms with E-state index in [4.69, 9.17) is 14.2 Å². The van der Waals surface area contributed by atoms with Crippen LogP contribution in [-0.4, -0.2) is 34.0 Å². The molecule has 0 saturated heterocycles. The Bertz CT molecular complexity index is 405. The van der Waals surface area contributed by atoms with Crippen LogP contribution in [0.1, 0.15) is 24.8 Å². The lowest BCUT2D eigenvalue weighted by atomic mass is 9.86. The third-order valence-corrected chi connectivity index (χ3v) is 3.74. The average Bonchev–Trinajstić information content (AvgIpc) is 2.43. The van der Waals surface area contributed by atoms with Crippen LogP contribution < -0.4 is 14.8 Å². The lowest BCUT2D eigenvalue weighted by Gasteiger charge is -2.25. The molecule has 1 aliphatic carbocycles. The van der Waals surface area contributed by atoms with Crippen LogP contribution in [0, 0.1) is 5.92 Å². The summed E-state index contributed by atoms with van der Waals surface area (Å²) in [5.41, 5.74) is 1.19. The molecule has 1 aliphatic rings. The maximum atomic E-state index is 5.86. The summed E-state index contributed by atoms with van der Waals surface area (Å²) in [4.78, 5) is 0. The fourth-order valence-electron chi connectivity index (χ4n) is 2.22. The van der Waals surface area contributed by atoms with E-state index < -0.39 is 0 Å². The Morgan fingerprint density at radius 2 is 2.05 bits per heavy atom. The highest BCUT2D eigenvalue weighted by Crippen LogP contribution is 2.31.